The molecule has 0 saturated carbocycles. The standard InChI is InChI=1S/C25H30N2O3/c1-14-9-18-19(10-15(14)2)27-24(17-8-7-16(29-5)11-22(17)30-6)23-20(26-18)12-25(3,4)13-21(23)28/h7-11,24,26-27H,12-13H2,1-6H3/t24-/m1/s1. The second-order valence-electron chi connectivity index (χ2n) is 9.13. The number of hydrogen-bond donors (Lipinski definition) is 2. The van der Waals surface area contributed by atoms with Crippen LogP contribution >= 0.6 is 0 Å². The van der Waals surface area contributed by atoms with E-state index in [1.54, 1.807) is 14.2 Å². The Morgan fingerprint density at radius 1 is 0.967 bits per heavy atom. The van der Waals surface area contributed by atoms with Gasteiger partial charge in [0.25, 0.3) is 0 Å². The summed E-state index contributed by atoms with van der Waals surface area (Å²) >= 11 is 0. The van der Waals surface area contributed by atoms with Gasteiger partial charge in [0.1, 0.15) is 11.5 Å². The summed E-state index contributed by atoms with van der Waals surface area (Å²) in [4.78, 5) is 13.4. The lowest BCUT2D eigenvalue weighted by Crippen LogP contribution is -2.31. The first-order valence-corrected chi connectivity index (χ1v) is 10.4. The Bertz CT molecular complexity index is 1050. The molecule has 0 aromatic heterocycles. The molecule has 1 aliphatic heterocycles. The van der Waals surface area contributed by atoms with E-state index in [9.17, 15) is 4.79 Å². The van der Waals surface area contributed by atoms with Crippen LogP contribution in [-0.2, 0) is 4.79 Å². The summed E-state index contributed by atoms with van der Waals surface area (Å²) in [7, 11) is 3.28. The van der Waals surface area contributed by atoms with Crippen molar-refractivity contribution in [3.63, 3.8) is 0 Å². The van der Waals surface area contributed by atoms with E-state index < -0.39 is 0 Å². The van der Waals surface area contributed by atoms with Crippen molar-refractivity contribution in [2.75, 3.05) is 24.9 Å². The zero-order valence-electron chi connectivity index (χ0n) is 18.6. The Morgan fingerprint density at radius 3 is 2.33 bits per heavy atom. The molecule has 0 amide bonds. The van der Waals surface area contributed by atoms with E-state index in [1.807, 2.05) is 18.2 Å². The van der Waals surface area contributed by atoms with Crippen LogP contribution in [0, 0.1) is 19.3 Å². The molecule has 0 unspecified atom stereocenters. The SMILES string of the molecule is COc1ccc([C@H]2Nc3cc(C)c(C)cc3NC3=C2C(=O)CC(C)(C)C3)c(OC)c1. The lowest BCUT2D eigenvalue weighted by atomic mass is 9.73. The largest absolute Gasteiger partial charge is 0.497 e. The van der Waals surface area contributed by atoms with Gasteiger partial charge in [-0.1, -0.05) is 13.8 Å². The average Bonchev–Trinajstić information content (AvgIpc) is 2.83. The molecule has 1 heterocycles. The lowest BCUT2D eigenvalue weighted by molar-refractivity contribution is -0.118. The molecule has 5 heteroatoms. The van der Waals surface area contributed by atoms with E-state index in [0.29, 0.717) is 12.2 Å². The van der Waals surface area contributed by atoms with Gasteiger partial charge in [0, 0.05) is 29.3 Å². The molecule has 0 fully saturated rings. The molecule has 158 valence electrons. The van der Waals surface area contributed by atoms with Crippen LogP contribution in [0.3, 0.4) is 0 Å². The van der Waals surface area contributed by atoms with Crippen molar-refractivity contribution in [1.29, 1.82) is 0 Å². The molecule has 2 aromatic rings. The maximum atomic E-state index is 13.4. The highest BCUT2D eigenvalue weighted by molar-refractivity contribution is 6.01. The van der Waals surface area contributed by atoms with E-state index in [2.05, 4.69) is 50.5 Å². The highest BCUT2D eigenvalue weighted by Crippen LogP contribution is 2.47. The van der Waals surface area contributed by atoms with Gasteiger partial charge in [-0.05, 0) is 61.1 Å². The summed E-state index contributed by atoms with van der Waals surface area (Å²) in [5.41, 5.74) is 7.04. The van der Waals surface area contributed by atoms with Gasteiger partial charge in [-0.25, -0.2) is 0 Å². The molecule has 2 aliphatic rings. The normalized spacial score (nSPS) is 19.8. The number of fused-ring (bicyclic) bond motifs is 1. The maximum absolute atomic E-state index is 13.4. The monoisotopic (exact) mass is 406 g/mol. The number of carbonyl (C=O) groups is 1. The molecule has 30 heavy (non-hydrogen) atoms. The highest BCUT2D eigenvalue weighted by atomic mass is 16.5. The number of carbonyl (C=O) groups excluding carboxylic acids is 1. The van der Waals surface area contributed by atoms with E-state index in [4.69, 9.17) is 9.47 Å². The van der Waals surface area contributed by atoms with Gasteiger partial charge in [0.05, 0.1) is 31.6 Å². The fourth-order valence-electron chi connectivity index (χ4n) is 4.50. The molecule has 2 aromatic carbocycles. The maximum Gasteiger partial charge on any atom is 0.163 e. The summed E-state index contributed by atoms with van der Waals surface area (Å²) in [6.07, 6.45) is 1.34. The van der Waals surface area contributed by atoms with Gasteiger partial charge in [-0.3, -0.25) is 4.79 Å². The van der Waals surface area contributed by atoms with Gasteiger partial charge < -0.3 is 20.1 Å². The van der Waals surface area contributed by atoms with Gasteiger partial charge >= 0.3 is 0 Å². The second kappa shape index (κ2) is 7.38. The molecule has 4 rings (SSSR count). The number of aryl methyl sites for hydroxylation is 2. The van der Waals surface area contributed by atoms with Crippen molar-refractivity contribution >= 4 is 17.2 Å². The van der Waals surface area contributed by atoms with Crippen molar-refractivity contribution in [3.8, 4) is 11.5 Å². The summed E-state index contributed by atoms with van der Waals surface area (Å²) in [5.74, 6) is 1.59. The van der Waals surface area contributed by atoms with E-state index in [-0.39, 0.29) is 17.2 Å². The quantitative estimate of drug-likeness (QED) is 0.701. The number of rotatable bonds is 3. The molecule has 0 spiro atoms. The first-order valence-electron chi connectivity index (χ1n) is 10.4. The lowest BCUT2D eigenvalue weighted by Gasteiger charge is -2.34. The predicted octanol–water partition coefficient (Wildman–Crippen LogP) is 5.54. The van der Waals surface area contributed by atoms with Crippen LogP contribution in [0.4, 0.5) is 11.4 Å². The van der Waals surface area contributed by atoms with Crippen LogP contribution in [0.2, 0.25) is 0 Å². The molecule has 0 saturated heterocycles. The average molecular weight is 407 g/mol. The predicted molar refractivity (Wildman–Crippen MR) is 120 cm³/mol. The van der Waals surface area contributed by atoms with Crippen LogP contribution in [0.1, 0.15) is 49.4 Å². The van der Waals surface area contributed by atoms with E-state index >= 15 is 0 Å². The number of hydrogen-bond acceptors (Lipinski definition) is 5. The van der Waals surface area contributed by atoms with Crippen molar-refractivity contribution < 1.29 is 14.3 Å². The Morgan fingerprint density at radius 2 is 1.67 bits per heavy atom. The second-order valence-corrected chi connectivity index (χ2v) is 9.13. The number of benzene rings is 2. The molecule has 0 bridgehead atoms. The van der Waals surface area contributed by atoms with Crippen molar-refractivity contribution in [3.05, 3.63) is 58.3 Å². The van der Waals surface area contributed by atoms with Gasteiger partial charge in [-0.15, -0.1) is 0 Å². The Labute approximate surface area is 178 Å². The molecule has 5 nitrogen and oxygen atoms in total. The third-order valence-corrected chi connectivity index (χ3v) is 6.18. The summed E-state index contributed by atoms with van der Waals surface area (Å²) < 4.78 is 11.1. The number of allylic oxidation sites excluding steroid dienone is 1. The molecular weight excluding hydrogens is 376 g/mol. The number of methoxy groups -OCH3 is 2. The Balaban J connectivity index is 1.93. The molecule has 1 aliphatic carbocycles. The van der Waals surface area contributed by atoms with Crippen LogP contribution in [0.5, 0.6) is 11.5 Å². The highest BCUT2D eigenvalue weighted by Gasteiger charge is 2.39. The zero-order valence-corrected chi connectivity index (χ0v) is 18.6. The Kier molecular flexibility index (Phi) is 5.00. The van der Waals surface area contributed by atoms with Crippen LogP contribution in [0.25, 0.3) is 0 Å². The van der Waals surface area contributed by atoms with Crippen LogP contribution in [-0.4, -0.2) is 20.0 Å². The Hall–Kier alpha value is -2.95. The van der Waals surface area contributed by atoms with E-state index in [0.717, 1.165) is 40.4 Å². The smallest absolute Gasteiger partial charge is 0.163 e. The minimum Gasteiger partial charge on any atom is -0.497 e. The number of anilines is 2. The first-order chi connectivity index (χ1) is 14.2. The number of Topliss-reactive ketones (excluding diaryl/α,β-unsaturated/α-hetero) is 1. The zero-order chi connectivity index (χ0) is 21.6. The molecule has 1 atom stereocenters. The fourth-order valence-corrected chi connectivity index (χ4v) is 4.50. The molecule has 2 N–H and O–H groups in total. The third-order valence-electron chi connectivity index (χ3n) is 6.18. The van der Waals surface area contributed by atoms with Crippen molar-refractivity contribution in [2.45, 2.75) is 46.6 Å². The minimum atomic E-state index is -0.305. The molecular formula is C25H30N2O3. The van der Waals surface area contributed by atoms with Crippen LogP contribution in [0.15, 0.2) is 41.6 Å². The van der Waals surface area contributed by atoms with Crippen molar-refractivity contribution in [2.24, 2.45) is 5.41 Å². The minimum absolute atomic E-state index is 0.0816. The van der Waals surface area contributed by atoms with Crippen LogP contribution < -0.4 is 20.1 Å². The summed E-state index contributed by atoms with van der Waals surface area (Å²) in [6.45, 7) is 8.52. The fraction of sp³-hybridized carbons (Fsp3) is 0.400. The summed E-state index contributed by atoms with van der Waals surface area (Å²) in [6, 6.07) is 9.76. The molecule has 0 radical (unpaired) electrons. The van der Waals surface area contributed by atoms with Gasteiger partial charge in [-0.2, -0.15) is 0 Å². The number of ketones is 1. The van der Waals surface area contributed by atoms with Gasteiger partial charge in [0.2, 0.25) is 0 Å². The van der Waals surface area contributed by atoms with E-state index in [1.165, 1.54) is 11.1 Å². The number of nitrogens with one attached hydrogen (secondary N) is 2. The topological polar surface area (TPSA) is 59.6 Å². The van der Waals surface area contributed by atoms with Gasteiger partial charge in [0.15, 0.2) is 5.78 Å². The summed E-state index contributed by atoms with van der Waals surface area (Å²) in [5, 5.41) is 7.26. The number of ether oxygens (including phenoxy) is 2. The third kappa shape index (κ3) is 3.53. The van der Waals surface area contributed by atoms with Crippen molar-refractivity contribution in [1.82, 2.24) is 0 Å². The first kappa shape index (κ1) is 20.3.